The molecule has 0 fully saturated rings. The molecule has 0 aliphatic rings. The van der Waals surface area contributed by atoms with Gasteiger partial charge in [0.1, 0.15) is 5.75 Å². The number of rotatable bonds is 0. The summed E-state index contributed by atoms with van der Waals surface area (Å²) >= 11 is 0. The number of imidazole rings is 1. The van der Waals surface area contributed by atoms with E-state index in [-0.39, 0.29) is 5.75 Å². The van der Waals surface area contributed by atoms with E-state index in [1.165, 1.54) is 6.20 Å². The van der Waals surface area contributed by atoms with Crippen molar-refractivity contribution >= 4 is 5.65 Å². The minimum absolute atomic E-state index is 0.142. The Morgan fingerprint density at radius 2 is 2.36 bits per heavy atom. The molecule has 0 spiro atoms. The first-order valence-corrected chi connectivity index (χ1v) is 3.27. The Morgan fingerprint density at radius 1 is 1.55 bits per heavy atom. The summed E-state index contributed by atoms with van der Waals surface area (Å²) in [7, 11) is 0. The molecule has 0 saturated heterocycles. The molecule has 0 saturated carbocycles. The summed E-state index contributed by atoms with van der Waals surface area (Å²) < 4.78 is 1.62. The van der Waals surface area contributed by atoms with Gasteiger partial charge in [0, 0.05) is 6.07 Å². The zero-order valence-electron chi connectivity index (χ0n) is 6.02. The highest BCUT2D eigenvalue weighted by atomic mass is 16.3. The van der Waals surface area contributed by atoms with Gasteiger partial charge in [-0.15, -0.1) is 0 Å². The number of aromatic hydroxyl groups is 1. The molecule has 0 aliphatic carbocycles. The molecule has 2 rings (SSSR count). The van der Waals surface area contributed by atoms with Crippen LogP contribution in [0.4, 0.5) is 0 Å². The minimum Gasteiger partial charge on any atom is -0.506 e. The lowest BCUT2D eigenvalue weighted by Gasteiger charge is -1.90. The van der Waals surface area contributed by atoms with Gasteiger partial charge in [0.05, 0.1) is 18.1 Å². The van der Waals surface area contributed by atoms with Gasteiger partial charge >= 0.3 is 0 Å². The largest absolute Gasteiger partial charge is 0.506 e. The molecule has 0 amide bonds. The van der Waals surface area contributed by atoms with Crippen LogP contribution in [0.1, 0.15) is 5.69 Å². The quantitative estimate of drug-likeness (QED) is 0.601. The van der Waals surface area contributed by atoms with E-state index in [1.807, 2.05) is 6.92 Å². The first-order chi connectivity index (χ1) is 5.25. The van der Waals surface area contributed by atoms with Crippen molar-refractivity contribution in [3.63, 3.8) is 0 Å². The SMILES string of the molecule is Cc1cn2ncc(O)cc2n1. The van der Waals surface area contributed by atoms with Gasteiger partial charge < -0.3 is 5.11 Å². The van der Waals surface area contributed by atoms with E-state index < -0.39 is 0 Å². The van der Waals surface area contributed by atoms with Crippen LogP contribution in [-0.4, -0.2) is 19.7 Å². The Morgan fingerprint density at radius 3 is 3.18 bits per heavy atom. The molecule has 0 atom stereocenters. The normalized spacial score (nSPS) is 10.6. The molecule has 0 unspecified atom stereocenters. The molecular weight excluding hydrogens is 142 g/mol. The fourth-order valence-electron chi connectivity index (χ4n) is 0.986. The van der Waals surface area contributed by atoms with Gasteiger partial charge in [-0.2, -0.15) is 5.10 Å². The van der Waals surface area contributed by atoms with Crippen molar-refractivity contribution in [2.24, 2.45) is 0 Å². The summed E-state index contributed by atoms with van der Waals surface area (Å²) in [6.07, 6.45) is 3.18. The van der Waals surface area contributed by atoms with Crippen LogP contribution in [0.3, 0.4) is 0 Å². The van der Waals surface area contributed by atoms with E-state index in [4.69, 9.17) is 5.11 Å². The number of fused-ring (bicyclic) bond motifs is 1. The predicted molar refractivity (Wildman–Crippen MR) is 39.4 cm³/mol. The fourth-order valence-corrected chi connectivity index (χ4v) is 0.986. The maximum Gasteiger partial charge on any atom is 0.157 e. The van der Waals surface area contributed by atoms with E-state index in [0.717, 1.165) is 5.69 Å². The lowest BCUT2D eigenvalue weighted by atomic mass is 10.5. The molecule has 2 heterocycles. The maximum absolute atomic E-state index is 9.02. The molecule has 0 aromatic carbocycles. The zero-order chi connectivity index (χ0) is 7.84. The van der Waals surface area contributed by atoms with Gasteiger partial charge in [0.2, 0.25) is 0 Å². The van der Waals surface area contributed by atoms with Crippen molar-refractivity contribution in [1.82, 2.24) is 14.6 Å². The third-order valence-corrected chi connectivity index (χ3v) is 1.43. The van der Waals surface area contributed by atoms with Crippen molar-refractivity contribution in [2.75, 3.05) is 0 Å². The summed E-state index contributed by atoms with van der Waals surface area (Å²) in [5.41, 5.74) is 1.56. The molecule has 11 heavy (non-hydrogen) atoms. The average Bonchev–Trinajstić information content (AvgIpc) is 2.27. The van der Waals surface area contributed by atoms with Crippen molar-refractivity contribution in [3.05, 3.63) is 24.2 Å². The number of hydrogen-bond acceptors (Lipinski definition) is 3. The summed E-state index contributed by atoms with van der Waals surface area (Å²) in [6.45, 7) is 1.88. The van der Waals surface area contributed by atoms with E-state index >= 15 is 0 Å². The second-order valence-corrected chi connectivity index (χ2v) is 2.40. The van der Waals surface area contributed by atoms with Gasteiger partial charge in [0.25, 0.3) is 0 Å². The molecule has 1 N–H and O–H groups in total. The predicted octanol–water partition coefficient (Wildman–Crippen LogP) is 0.743. The zero-order valence-corrected chi connectivity index (χ0v) is 6.02. The Labute approximate surface area is 63.1 Å². The minimum atomic E-state index is 0.142. The van der Waals surface area contributed by atoms with Gasteiger partial charge in [-0.3, -0.25) is 0 Å². The monoisotopic (exact) mass is 149 g/mol. The Balaban J connectivity index is 2.82. The second kappa shape index (κ2) is 1.95. The Kier molecular flexibility index (Phi) is 1.09. The second-order valence-electron chi connectivity index (χ2n) is 2.40. The summed E-state index contributed by atoms with van der Waals surface area (Å²) in [6, 6.07) is 1.57. The third-order valence-electron chi connectivity index (χ3n) is 1.43. The van der Waals surface area contributed by atoms with Crippen LogP contribution < -0.4 is 0 Å². The first kappa shape index (κ1) is 6.15. The summed E-state index contributed by atoms with van der Waals surface area (Å²) in [5, 5.41) is 12.9. The van der Waals surface area contributed by atoms with Gasteiger partial charge in [-0.05, 0) is 6.92 Å². The van der Waals surface area contributed by atoms with Crippen LogP contribution in [0, 0.1) is 6.92 Å². The maximum atomic E-state index is 9.02. The highest BCUT2D eigenvalue weighted by Gasteiger charge is 1.97. The van der Waals surface area contributed by atoms with Crippen LogP contribution in [-0.2, 0) is 0 Å². The van der Waals surface area contributed by atoms with Crippen molar-refractivity contribution in [1.29, 1.82) is 0 Å². The Hall–Kier alpha value is -1.58. The number of aromatic nitrogens is 3. The topological polar surface area (TPSA) is 50.4 Å². The van der Waals surface area contributed by atoms with Crippen LogP contribution in [0.25, 0.3) is 5.65 Å². The number of aryl methyl sites for hydroxylation is 1. The molecule has 0 radical (unpaired) electrons. The van der Waals surface area contributed by atoms with Crippen LogP contribution in [0.5, 0.6) is 5.75 Å². The molecule has 56 valence electrons. The fraction of sp³-hybridized carbons (Fsp3) is 0.143. The van der Waals surface area contributed by atoms with Gasteiger partial charge in [-0.1, -0.05) is 0 Å². The van der Waals surface area contributed by atoms with Crippen molar-refractivity contribution in [3.8, 4) is 5.75 Å². The summed E-state index contributed by atoms with van der Waals surface area (Å²) in [4.78, 5) is 4.11. The number of hydrogen-bond donors (Lipinski definition) is 1. The third kappa shape index (κ3) is 0.920. The van der Waals surface area contributed by atoms with E-state index in [9.17, 15) is 0 Å². The van der Waals surface area contributed by atoms with Gasteiger partial charge in [-0.25, -0.2) is 9.50 Å². The first-order valence-electron chi connectivity index (χ1n) is 3.27. The van der Waals surface area contributed by atoms with Crippen LogP contribution >= 0.6 is 0 Å². The van der Waals surface area contributed by atoms with Gasteiger partial charge in [0.15, 0.2) is 5.65 Å². The number of nitrogens with zero attached hydrogens (tertiary/aromatic N) is 3. The molecule has 0 bridgehead atoms. The van der Waals surface area contributed by atoms with E-state index in [1.54, 1.807) is 16.8 Å². The van der Waals surface area contributed by atoms with Crippen LogP contribution in [0.2, 0.25) is 0 Å². The molecule has 2 aromatic rings. The molecule has 2 aromatic heterocycles. The molecular formula is C7H7N3O. The van der Waals surface area contributed by atoms with E-state index in [2.05, 4.69) is 10.1 Å². The van der Waals surface area contributed by atoms with Crippen molar-refractivity contribution < 1.29 is 5.11 Å². The summed E-state index contributed by atoms with van der Waals surface area (Å²) in [5.74, 6) is 0.142. The van der Waals surface area contributed by atoms with E-state index in [0.29, 0.717) is 5.65 Å². The molecule has 4 nitrogen and oxygen atoms in total. The van der Waals surface area contributed by atoms with Crippen molar-refractivity contribution in [2.45, 2.75) is 6.92 Å². The highest BCUT2D eigenvalue weighted by Crippen LogP contribution is 2.09. The standard InChI is InChI=1S/C7H7N3O/c1-5-4-10-7(9-5)2-6(11)3-8-10/h2-4,11H,1H3. The molecule has 4 heteroatoms. The average molecular weight is 149 g/mol. The lowest BCUT2D eigenvalue weighted by Crippen LogP contribution is -1.86. The molecule has 0 aliphatic heterocycles. The lowest BCUT2D eigenvalue weighted by molar-refractivity contribution is 0.471. The van der Waals surface area contributed by atoms with Crippen LogP contribution in [0.15, 0.2) is 18.5 Å². The Bertz CT molecular complexity index is 393. The smallest absolute Gasteiger partial charge is 0.157 e. The highest BCUT2D eigenvalue weighted by molar-refractivity contribution is 5.42.